The zero-order valence-corrected chi connectivity index (χ0v) is 12.3. The molecule has 2 aromatic rings. The van der Waals surface area contributed by atoms with E-state index in [9.17, 15) is 14.9 Å². The zero-order chi connectivity index (χ0) is 16.1. The molecule has 0 radical (unpaired) electrons. The summed E-state index contributed by atoms with van der Waals surface area (Å²) in [5.41, 5.74) is 2.69. The van der Waals surface area contributed by atoms with Crippen molar-refractivity contribution in [3.8, 4) is 5.75 Å². The number of hydrogen-bond donors (Lipinski definition) is 0. The molecule has 112 valence electrons. The largest absolute Gasteiger partial charge is 0.423 e. The third-order valence-electron chi connectivity index (χ3n) is 3.19. The molecule has 0 aliphatic heterocycles. The fraction of sp³-hybridized carbons (Fsp3) is 0.118. The van der Waals surface area contributed by atoms with Gasteiger partial charge in [0.1, 0.15) is 5.75 Å². The molecule has 0 amide bonds. The number of nitro benzene ring substituents is 1. The number of non-ortho nitro benzene ring substituents is 1. The van der Waals surface area contributed by atoms with E-state index in [1.165, 1.54) is 24.3 Å². The number of nitro groups is 1. The SMILES string of the molecule is Cc1ccc(OC(=O)C=Cc2cccc([N+](=O)[O-])c2)cc1C. The Kier molecular flexibility index (Phi) is 4.68. The van der Waals surface area contributed by atoms with Crippen LogP contribution in [-0.4, -0.2) is 10.9 Å². The Morgan fingerprint density at radius 1 is 1.14 bits per heavy atom. The second-order valence-corrected chi connectivity index (χ2v) is 4.85. The predicted molar refractivity (Wildman–Crippen MR) is 83.7 cm³/mol. The van der Waals surface area contributed by atoms with Gasteiger partial charge < -0.3 is 4.74 Å². The van der Waals surface area contributed by atoms with Crippen LogP contribution in [0.1, 0.15) is 16.7 Å². The van der Waals surface area contributed by atoms with Crippen LogP contribution < -0.4 is 4.74 Å². The number of esters is 1. The van der Waals surface area contributed by atoms with Crippen LogP contribution in [0.4, 0.5) is 5.69 Å². The van der Waals surface area contributed by atoms with Crippen molar-refractivity contribution in [1.82, 2.24) is 0 Å². The molecule has 0 fully saturated rings. The molecule has 0 aliphatic carbocycles. The first-order valence-electron chi connectivity index (χ1n) is 6.67. The van der Waals surface area contributed by atoms with Gasteiger partial charge >= 0.3 is 5.97 Å². The van der Waals surface area contributed by atoms with Crippen molar-refractivity contribution < 1.29 is 14.5 Å². The summed E-state index contributed by atoms with van der Waals surface area (Å²) in [6, 6.07) is 11.4. The van der Waals surface area contributed by atoms with E-state index >= 15 is 0 Å². The molecule has 0 spiro atoms. The lowest BCUT2D eigenvalue weighted by atomic mass is 10.1. The van der Waals surface area contributed by atoms with Gasteiger partial charge in [0.15, 0.2) is 0 Å². The van der Waals surface area contributed by atoms with E-state index in [4.69, 9.17) is 4.74 Å². The maximum Gasteiger partial charge on any atom is 0.336 e. The summed E-state index contributed by atoms with van der Waals surface area (Å²) < 4.78 is 5.19. The molecule has 0 aliphatic rings. The molecule has 0 N–H and O–H groups in total. The van der Waals surface area contributed by atoms with Crippen molar-refractivity contribution in [3.05, 3.63) is 75.3 Å². The third-order valence-corrected chi connectivity index (χ3v) is 3.19. The Balaban J connectivity index is 2.06. The second kappa shape index (κ2) is 6.67. The minimum Gasteiger partial charge on any atom is -0.423 e. The van der Waals surface area contributed by atoms with E-state index in [0.29, 0.717) is 11.3 Å². The van der Waals surface area contributed by atoms with E-state index in [1.54, 1.807) is 24.3 Å². The molecule has 22 heavy (non-hydrogen) atoms. The summed E-state index contributed by atoms with van der Waals surface area (Å²) in [6.07, 6.45) is 2.73. The minimum absolute atomic E-state index is 0.0234. The van der Waals surface area contributed by atoms with E-state index in [-0.39, 0.29) is 5.69 Å². The number of nitrogens with zero attached hydrogens (tertiary/aromatic N) is 1. The normalized spacial score (nSPS) is 10.6. The molecule has 2 aromatic carbocycles. The molecule has 5 nitrogen and oxygen atoms in total. The van der Waals surface area contributed by atoms with Crippen LogP contribution in [0.2, 0.25) is 0 Å². The first-order valence-corrected chi connectivity index (χ1v) is 6.67. The standard InChI is InChI=1S/C17H15NO4/c1-12-6-8-16(10-13(12)2)22-17(19)9-7-14-4-3-5-15(11-14)18(20)21/h3-11H,1-2H3. The van der Waals surface area contributed by atoms with Crippen LogP contribution in [-0.2, 0) is 4.79 Å². The monoisotopic (exact) mass is 297 g/mol. The highest BCUT2D eigenvalue weighted by atomic mass is 16.6. The summed E-state index contributed by atoms with van der Waals surface area (Å²) >= 11 is 0. The van der Waals surface area contributed by atoms with Crippen LogP contribution in [0.15, 0.2) is 48.5 Å². The fourth-order valence-corrected chi connectivity index (χ4v) is 1.83. The second-order valence-electron chi connectivity index (χ2n) is 4.85. The number of carbonyl (C=O) groups excluding carboxylic acids is 1. The molecule has 0 heterocycles. The molecule has 0 saturated carbocycles. The van der Waals surface area contributed by atoms with Crippen molar-refractivity contribution in [1.29, 1.82) is 0 Å². The van der Waals surface area contributed by atoms with Crippen LogP contribution in [0.25, 0.3) is 6.08 Å². The van der Waals surface area contributed by atoms with Gasteiger partial charge in [-0.05, 0) is 48.7 Å². The van der Waals surface area contributed by atoms with Gasteiger partial charge in [-0.2, -0.15) is 0 Å². The Morgan fingerprint density at radius 3 is 2.59 bits per heavy atom. The number of aryl methyl sites for hydroxylation is 2. The average molecular weight is 297 g/mol. The molecule has 0 aromatic heterocycles. The quantitative estimate of drug-likeness (QED) is 0.283. The number of benzene rings is 2. The van der Waals surface area contributed by atoms with Gasteiger partial charge in [0, 0.05) is 18.2 Å². The summed E-state index contributed by atoms with van der Waals surface area (Å²) in [7, 11) is 0. The maximum atomic E-state index is 11.8. The first-order chi connectivity index (χ1) is 10.5. The van der Waals surface area contributed by atoms with Crippen molar-refractivity contribution in [2.24, 2.45) is 0 Å². The highest BCUT2D eigenvalue weighted by Gasteiger charge is 2.05. The van der Waals surface area contributed by atoms with Crippen molar-refractivity contribution in [2.45, 2.75) is 13.8 Å². The molecule has 0 unspecified atom stereocenters. The van der Waals surface area contributed by atoms with Crippen molar-refractivity contribution >= 4 is 17.7 Å². The Morgan fingerprint density at radius 2 is 1.91 bits per heavy atom. The third kappa shape index (κ3) is 4.02. The van der Waals surface area contributed by atoms with Gasteiger partial charge in [0.05, 0.1) is 4.92 Å². The zero-order valence-electron chi connectivity index (χ0n) is 12.3. The predicted octanol–water partition coefficient (Wildman–Crippen LogP) is 3.83. The van der Waals surface area contributed by atoms with Crippen molar-refractivity contribution in [2.75, 3.05) is 0 Å². The molecule has 2 rings (SSSR count). The number of ether oxygens (including phenoxy) is 1. The van der Waals surface area contributed by atoms with Crippen LogP contribution in [0, 0.1) is 24.0 Å². The lowest BCUT2D eigenvalue weighted by molar-refractivity contribution is -0.384. The molecule has 5 heteroatoms. The van der Waals surface area contributed by atoms with Gasteiger partial charge in [-0.3, -0.25) is 10.1 Å². The summed E-state index contributed by atoms with van der Waals surface area (Å²) in [6.45, 7) is 3.91. The van der Waals surface area contributed by atoms with Gasteiger partial charge in [0.25, 0.3) is 5.69 Å². The van der Waals surface area contributed by atoms with E-state index < -0.39 is 10.9 Å². The van der Waals surface area contributed by atoms with Gasteiger partial charge in [0.2, 0.25) is 0 Å². The smallest absolute Gasteiger partial charge is 0.336 e. The topological polar surface area (TPSA) is 69.4 Å². The molecule has 0 saturated heterocycles. The summed E-state index contributed by atoms with van der Waals surface area (Å²) in [5, 5.41) is 10.7. The highest BCUT2D eigenvalue weighted by molar-refractivity contribution is 5.88. The number of hydrogen-bond acceptors (Lipinski definition) is 4. The van der Waals surface area contributed by atoms with E-state index in [2.05, 4.69) is 0 Å². The molecular formula is C17H15NO4. The van der Waals surface area contributed by atoms with Crippen molar-refractivity contribution in [3.63, 3.8) is 0 Å². The molecule has 0 atom stereocenters. The Labute approximate surface area is 128 Å². The fourth-order valence-electron chi connectivity index (χ4n) is 1.83. The number of carbonyl (C=O) groups is 1. The van der Waals surface area contributed by atoms with Gasteiger partial charge in [-0.15, -0.1) is 0 Å². The molecular weight excluding hydrogens is 282 g/mol. The van der Waals surface area contributed by atoms with Crippen LogP contribution in [0.3, 0.4) is 0 Å². The van der Waals surface area contributed by atoms with Crippen LogP contribution in [0.5, 0.6) is 5.75 Å². The van der Waals surface area contributed by atoms with Crippen LogP contribution >= 0.6 is 0 Å². The Bertz CT molecular complexity index is 750. The lowest BCUT2D eigenvalue weighted by Gasteiger charge is -2.04. The Hall–Kier alpha value is -2.95. The minimum atomic E-state index is -0.533. The van der Waals surface area contributed by atoms with Gasteiger partial charge in [-0.25, -0.2) is 4.79 Å². The first kappa shape index (κ1) is 15.4. The maximum absolute atomic E-state index is 11.8. The van der Waals surface area contributed by atoms with Gasteiger partial charge in [-0.1, -0.05) is 18.2 Å². The van der Waals surface area contributed by atoms with E-state index in [1.807, 2.05) is 19.9 Å². The summed E-state index contributed by atoms with van der Waals surface area (Å²) in [4.78, 5) is 22.0. The molecule has 0 bridgehead atoms. The average Bonchev–Trinajstić information content (AvgIpc) is 2.49. The summed E-state index contributed by atoms with van der Waals surface area (Å²) in [5.74, 6) is -0.0634. The lowest BCUT2D eigenvalue weighted by Crippen LogP contribution is -2.03. The number of rotatable bonds is 4. The highest BCUT2D eigenvalue weighted by Crippen LogP contribution is 2.17. The van der Waals surface area contributed by atoms with E-state index in [0.717, 1.165) is 11.1 Å².